The van der Waals surface area contributed by atoms with Gasteiger partial charge in [0, 0.05) is 19.2 Å². The van der Waals surface area contributed by atoms with Crippen molar-refractivity contribution in [2.75, 3.05) is 26.2 Å². The SMILES string of the molecule is CCNC(=NCc1ccon1)NCC(c1ccco1)N1CCCC1.I. The fourth-order valence-electron chi connectivity index (χ4n) is 2.96. The highest BCUT2D eigenvalue weighted by Crippen LogP contribution is 2.24. The normalized spacial score (nSPS) is 16.4. The zero-order valence-electron chi connectivity index (χ0n) is 14.5. The number of furan rings is 1. The van der Waals surface area contributed by atoms with Crippen molar-refractivity contribution < 1.29 is 8.94 Å². The summed E-state index contributed by atoms with van der Waals surface area (Å²) in [7, 11) is 0. The first-order chi connectivity index (χ1) is 11.9. The molecule has 1 atom stereocenters. The number of rotatable bonds is 7. The summed E-state index contributed by atoms with van der Waals surface area (Å²) in [6, 6.07) is 6.04. The van der Waals surface area contributed by atoms with E-state index in [9.17, 15) is 0 Å². The maximum absolute atomic E-state index is 5.65. The molecule has 1 unspecified atom stereocenters. The Morgan fingerprint density at radius 3 is 2.76 bits per heavy atom. The Bertz CT molecular complexity index is 609. The van der Waals surface area contributed by atoms with Crippen molar-refractivity contribution in [1.29, 1.82) is 0 Å². The molecule has 138 valence electrons. The minimum absolute atomic E-state index is 0. The Kier molecular flexibility index (Phi) is 8.26. The van der Waals surface area contributed by atoms with Crippen LogP contribution >= 0.6 is 24.0 Å². The molecule has 0 aromatic carbocycles. The maximum atomic E-state index is 5.65. The standard InChI is InChI=1S/C17H25N5O2.HI/c1-2-18-17(19-12-14-7-11-24-21-14)20-13-15(16-6-5-10-23-16)22-8-3-4-9-22;/h5-7,10-11,15H,2-4,8-9,12-13H2,1H3,(H2,18,19,20);1H. The van der Waals surface area contributed by atoms with Gasteiger partial charge in [0.15, 0.2) is 5.96 Å². The van der Waals surface area contributed by atoms with Crippen molar-refractivity contribution in [3.8, 4) is 0 Å². The van der Waals surface area contributed by atoms with E-state index in [4.69, 9.17) is 8.94 Å². The molecule has 0 bridgehead atoms. The van der Waals surface area contributed by atoms with Gasteiger partial charge in [0.1, 0.15) is 17.7 Å². The van der Waals surface area contributed by atoms with Gasteiger partial charge >= 0.3 is 0 Å². The van der Waals surface area contributed by atoms with E-state index in [0.29, 0.717) is 6.54 Å². The zero-order valence-corrected chi connectivity index (χ0v) is 16.8. The zero-order chi connectivity index (χ0) is 16.6. The van der Waals surface area contributed by atoms with Crippen molar-refractivity contribution in [2.45, 2.75) is 32.4 Å². The molecule has 0 radical (unpaired) electrons. The molecular weight excluding hydrogens is 433 g/mol. The highest BCUT2D eigenvalue weighted by Gasteiger charge is 2.25. The van der Waals surface area contributed by atoms with Crippen LogP contribution in [0.4, 0.5) is 0 Å². The number of likely N-dealkylation sites (tertiary alicyclic amines) is 1. The smallest absolute Gasteiger partial charge is 0.191 e. The Labute approximate surface area is 165 Å². The van der Waals surface area contributed by atoms with Gasteiger partial charge in [-0.25, -0.2) is 4.99 Å². The fourth-order valence-corrected chi connectivity index (χ4v) is 2.96. The van der Waals surface area contributed by atoms with Crippen LogP contribution in [0.3, 0.4) is 0 Å². The molecule has 2 aromatic rings. The van der Waals surface area contributed by atoms with Gasteiger partial charge < -0.3 is 19.6 Å². The van der Waals surface area contributed by atoms with Crippen LogP contribution in [-0.2, 0) is 6.54 Å². The van der Waals surface area contributed by atoms with E-state index in [2.05, 4.69) is 32.6 Å². The van der Waals surface area contributed by atoms with Crippen molar-refractivity contribution >= 4 is 29.9 Å². The van der Waals surface area contributed by atoms with E-state index in [1.165, 1.54) is 12.8 Å². The first kappa shape index (κ1) is 19.8. The van der Waals surface area contributed by atoms with Crippen LogP contribution in [0.25, 0.3) is 0 Å². The number of aromatic nitrogens is 1. The summed E-state index contributed by atoms with van der Waals surface area (Å²) in [5.74, 6) is 1.77. The van der Waals surface area contributed by atoms with Crippen LogP contribution in [0.5, 0.6) is 0 Å². The summed E-state index contributed by atoms with van der Waals surface area (Å²) < 4.78 is 10.5. The van der Waals surface area contributed by atoms with Gasteiger partial charge in [-0.05, 0) is 45.0 Å². The largest absolute Gasteiger partial charge is 0.468 e. The van der Waals surface area contributed by atoms with Gasteiger partial charge in [-0.3, -0.25) is 4.90 Å². The Hall–Kier alpha value is -1.55. The average Bonchev–Trinajstić information content (AvgIpc) is 3.35. The van der Waals surface area contributed by atoms with Crippen molar-refractivity contribution in [2.24, 2.45) is 4.99 Å². The van der Waals surface area contributed by atoms with E-state index >= 15 is 0 Å². The van der Waals surface area contributed by atoms with Gasteiger partial charge in [-0.1, -0.05) is 5.16 Å². The van der Waals surface area contributed by atoms with Crippen molar-refractivity contribution in [1.82, 2.24) is 20.7 Å². The van der Waals surface area contributed by atoms with Crippen molar-refractivity contribution in [3.63, 3.8) is 0 Å². The third kappa shape index (κ3) is 5.74. The quantitative estimate of drug-likeness (QED) is 0.377. The molecule has 0 aliphatic carbocycles. The summed E-state index contributed by atoms with van der Waals surface area (Å²) >= 11 is 0. The minimum Gasteiger partial charge on any atom is -0.468 e. The van der Waals surface area contributed by atoms with Gasteiger partial charge in [-0.15, -0.1) is 24.0 Å². The molecule has 25 heavy (non-hydrogen) atoms. The van der Waals surface area contributed by atoms with E-state index in [0.717, 1.165) is 43.6 Å². The second kappa shape index (κ2) is 10.4. The second-order valence-corrected chi connectivity index (χ2v) is 5.84. The fraction of sp³-hybridized carbons (Fsp3) is 0.529. The molecule has 2 aromatic heterocycles. The van der Waals surface area contributed by atoms with E-state index in [1.807, 2.05) is 18.2 Å². The Morgan fingerprint density at radius 1 is 1.28 bits per heavy atom. The van der Waals surface area contributed by atoms with Crippen LogP contribution in [0.1, 0.15) is 37.3 Å². The highest BCUT2D eigenvalue weighted by atomic mass is 127. The molecule has 1 fully saturated rings. The third-order valence-electron chi connectivity index (χ3n) is 4.15. The molecule has 0 spiro atoms. The minimum atomic E-state index is 0. The molecule has 1 saturated heterocycles. The first-order valence-electron chi connectivity index (χ1n) is 8.55. The molecule has 1 aliphatic rings. The summed E-state index contributed by atoms with van der Waals surface area (Å²) in [4.78, 5) is 7.02. The van der Waals surface area contributed by atoms with Crippen LogP contribution < -0.4 is 10.6 Å². The van der Waals surface area contributed by atoms with Crippen LogP contribution in [-0.4, -0.2) is 42.2 Å². The average molecular weight is 459 g/mol. The Balaban J connectivity index is 0.00000225. The monoisotopic (exact) mass is 459 g/mol. The molecule has 0 amide bonds. The molecule has 1 aliphatic heterocycles. The number of hydrogen-bond donors (Lipinski definition) is 2. The molecule has 7 nitrogen and oxygen atoms in total. The summed E-state index contributed by atoms with van der Waals surface area (Å²) in [6.07, 6.45) is 5.79. The molecule has 2 N–H and O–H groups in total. The Morgan fingerprint density at radius 2 is 2.12 bits per heavy atom. The van der Waals surface area contributed by atoms with Crippen LogP contribution in [0, 0.1) is 0 Å². The lowest BCUT2D eigenvalue weighted by molar-refractivity contribution is 0.215. The summed E-state index contributed by atoms with van der Waals surface area (Å²) in [5, 5.41) is 10.6. The first-order valence-corrected chi connectivity index (χ1v) is 8.55. The van der Waals surface area contributed by atoms with Crippen LogP contribution in [0.2, 0.25) is 0 Å². The number of nitrogens with zero attached hydrogens (tertiary/aromatic N) is 3. The predicted molar refractivity (Wildman–Crippen MR) is 107 cm³/mol. The van der Waals surface area contributed by atoms with Gasteiger partial charge in [0.25, 0.3) is 0 Å². The molecule has 3 heterocycles. The molecule has 0 saturated carbocycles. The number of nitrogens with one attached hydrogen (secondary N) is 2. The van der Waals surface area contributed by atoms with Crippen LogP contribution in [0.15, 0.2) is 44.7 Å². The number of aliphatic imine (C=N–C) groups is 1. The topological polar surface area (TPSA) is 78.8 Å². The lowest BCUT2D eigenvalue weighted by atomic mass is 10.2. The number of halogens is 1. The summed E-state index contributed by atoms with van der Waals surface area (Å²) in [6.45, 7) is 6.32. The van der Waals surface area contributed by atoms with Crippen molar-refractivity contribution in [3.05, 3.63) is 42.2 Å². The van der Waals surface area contributed by atoms with E-state index in [-0.39, 0.29) is 30.0 Å². The molecular formula is C17H26IN5O2. The number of guanidine groups is 1. The van der Waals surface area contributed by atoms with Gasteiger partial charge in [-0.2, -0.15) is 0 Å². The van der Waals surface area contributed by atoms with Gasteiger partial charge in [0.05, 0.1) is 18.8 Å². The molecule has 8 heteroatoms. The molecule has 3 rings (SSSR count). The second-order valence-electron chi connectivity index (χ2n) is 5.84. The highest BCUT2D eigenvalue weighted by molar-refractivity contribution is 14.0. The maximum Gasteiger partial charge on any atom is 0.191 e. The summed E-state index contributed by atoms with van der Waals surface area (Å²) in [5.41, 5.74) is 0.814. The van der Waals surface area contributed by atoms with E-state index in [1.54, 1.807) is 12.5 Å². The van der Waals surface area contributed by atoms with E-state index < -0.39 is 0 Å². The van der Waals surface area contributed by atoms with Gasteiger partial charge in [0.2, 0.25) is 0 Å². The lowest BCUT2D eigenvalue weighted by Crippen LogP contribution is -2.42. The predicted octanol–water partition coefficient (Wildman–Crippen LogP) is 2.78. The number of hydrogen-bond acceptors (Lipinski definition) is 5. The lowest BCUT2D eigenvalue weighted by Gasteiger charge is -2.26. The third-order valence-corrected chi connectivity index (χ3v) is 4.15.